The molecule has 1 atom stereocenters. The molecule has 1 N–H and O–H groups in total. The van der Waals surface area contributed by atoms with Crippen LogP contribution in [-0.2, 0) is 6.42 Å². The number of rotatable bonds is 5. The summed E-state index contributed by atoms with van der Waals surface area (Å²) in [5.41, 5.74) is 1.17. The molecule has 2 rings (SSSR count). The van der Waals surface area contributed by atoms with E-state index < -0.39 is 0 Å². The first-order valence-electron chi connectivity index (χ1n) is 5.84. The molecule has 0 heterocycles. The molecule has 0 radical (unpaired) electrons. The van der Waals surface area contributed by atoms with Crippen LogP contribution in [0, 0.1) is 0 Å². The van der Waals surface area contributed by atoms with Gasteiger partial charge in [0.15, 0.2) is 0 Å². The van der Waals surface area contributed by atoms with E-state index in [1.54, 1.807) is 11.8 Å². The van der Waals surface area contributed by atoms with Gasteiger partial charge in [-0.05, 0) is 36.2 Å². The van der Waals surface area contributed by atoms with E-state index in [0.717, 1.165) is 9.92 Å². The maximum atomic E-state index is 9.97. The van der Waals surface area contributed by atoms with Gasteiger partial charge in [0.1, 0.15) is 0 Å². The second-order valence-electron chi connectivity index (χ2n) is 4.11. The van der Waals surface area contributed by atoms with Crippen LogP contribution < -0.4 is 0 Å². The Morgan fingerprint density at radius 1 is 1.00 bits per heavy atom. The van der Waals surface area contributed by atoms with Gasteiger partial charge in [-0.25, -0.2) is 0 Å². The van der Waals surface area contributed by atoms with E-state index in [4.69, 9.17) is 11.6 Å². The highest BCUT2D eigenvalue weighted by atomic mass is 35.5. The van der Waals surface area contributed by atoms with Crippen LogP contribution in [0.4, 0.5) is 0 Å². The number of hydrogen-bond acceptors (Lipinski definition) is 2. The maximum Gasteiger partial charge on any atom is 0.0674 e. The first-order chi connectivity index (χ1) is 8.74. The van der Waals surface area contributed by atoms with Crippen LogP contribution in [0.3, 0.4) is 0 Å². The molecule has 2 aromatic rings. The quantitative estimate of drug-likeness (QED) is 0.833. The van der Waals surface area contributed by atoms with Crippen LogP contribution in [0.1, 0.15) is 5.56 Å². The average molecular weight is 279 g/mol. The summed E-state index contributed by atoms with van der Waals surface area (Å²) in [7, 11) is 0. The molecule has 2 aromatic carbocycles. The lowest BCUT2D eigenvalue weighted by atomic mass is 10.1. The van der Waals surface area contributed by atoms with Gasteiger partial charge >= 0.3 is 0 Å². The third kappa shape index (κ3) is 4.37. The number of benzene rings is 2. The summed E-state index contributed by atoms with van der Waals surface area (Å²) in [6.45, 7) is 0. The van der Waals surface area contributed by atoms with Gasteiger partial charge in [0, 0.05) is 15.7 Å². The standard InChI is InChI=1S/C15H15ClOS/c16-13-6-8-15(9-7-13)18-11-14(17)10-12-4-2-1-3-5-12/h1-9,14,17H,10-11H2. The van der Waals surface area contributed by atoms with Crippen LogP contribution in [-0.4, -0.2) is 17.0 Å². The van der Waals surface area contributed by atoms with Crippen molar-refractivity contribution in [1.82, 2.24) is 0 Å². The van der Waals surface area contributed by atoms with Crippen molar-refractivity contribution >= 4 is 23.4 Å². The molecule has 0 bridgehead atoms. The topological polar surface area (TPSA) is 20.2 Å². The van der Waals surface area contributed by atoms with Crippen molar-refractivity contribution in [3.05, 3.63) is 65.2 Å². The molecular weight excluding hydrogens is 264 g/mol. The fourth-order valence-electron chi connectivity index (χ4n) is 1.67. The Bertz CT molecular complexity index is 470. The Kier molecular flexibility index (Phi) is 5.12. The number of halogens is 1. The van der Waals surface area contributed by atoms with E-state index in [2.05, 4.69) is 0 Å². The molecule has 1 nitrogen and oxygen atoms in total. The van der Waals surface area contributed by atoms with Gasteiger partial charge in [0.25, 0.3) is 0 Å². The first-order valence-corrected chi connectivity index (χ1v) is 7.21. The highest BCUT2D eigenvalue weighted by Gasteiger charge is 2.06. The highest BCUT2D eigenvalue weighted by Crippen LogP contribution is 2.21. The van der Waals surface area contributed by atoms with E-state index in [1.807, 2.05) is 54.6 Å². The lowest BCUT2D eigenvalue weighted by molar-refractivity contribution is 0.200. The minimum atomic E-state index is -0.326. The van der Waals surface area contributed by atoms with Crippen molar-refractivity contribution in [2.45, 2.75) is 17.4 Å². The van der Waals surface area contributed by atoms with Gasteiger partial charge in [-0.1, -0.05) is 41.9 Å². The van der Waals surface area contributed by atoms with Gasteiger partial charge in [0.05, 0.1) is 6.10 Å². The number of aliphatic hydroxyl groups is 1. The van der Waals surface area contributed by atoms with Crippen LogP contribution >= 0.6 is 23.4 Å². The molecule has 0 saturated heterocycles. The van der Waals surface area contributed by atoms with Gasteiger partial charge in [0.2, 0.25) is 0 Å². The molecular formula is C15H15ClOS. The highest BCUT2D eigenvalue weighted by molar-refractivity contribution is 7.99. The molecule has 0 aromatic heterocycles. The van der Waals surface area contributed by atoms with Crippen LogP contribution in [0.15, 0.2) is 59.5 Å². The Labute approximate surface area is 117 Å². The van der Waals surface area contributed by atoms with E-state index in [0.29, 0.717) is 12.2 Å². The Balaban J connectivity index is 1.81. The van der Waals surface area contributed by atoms with Crippen molar-refractivity contribution in [2.75, 3.05) is 5.75 Å². The molecule has 1 unspecified atom stereocenters. The predicted molar refractivity (Wildman–Crippen MR) is 78.3 cm³/mol. The van der Waals surface area contributed by atoms with Gasteiger partial charge in [-0.15, -0.1) is 11.8 Å². The molecule has 18 heavy (non-hydrogen) atoms. The lowest BCUT2D eigenvalue weighted by Crippen LogP contribution is -2.13. The van der Waals surface area contributed by atoms with Crippen LogP contribution in [0.5, 0.6) is 0 Å². The normalized spacial score (nSPS) is 12.3. The zero-order chi connectivity index (χ0) is 12.8. The van der Waals surface area contributed by atoms with Crippen molar-refractivity contribution in [3.8, 4) is 0 Å². The van der Waals surface area contributed by atoms with Crippen molar-refractivity contribution in [1.29, 1.82) is 0 Å². The van der Waals surface area contributed by atoms with Crippen molar-refractivity contribution in [2.24, 2.45) is 0 Å². The van der Waals surface area contributed by atoms with E-state index in [1.165, 1.54) is 5.56 Å². The largest absolute Gasteiger partial charge is 0.392 e. The maximum absolute atomic E-state index is 9.97. The minimum absolute atomic E-state index is 0.326. The zero-order valence-corrected chi connectivity index (χ0v) is 11.5. The third-order valence-corrected chi connectivity index (χ3v) is 3.98. The zero-order valence-electron chi connectivity index (χ0n) is 9.92. The Hall–Kier alpha value is -0.960. The molecule has 94 valence electrons. The molecule has 0 fully saturated rings. The fraction of sp³-hybridized carbons (Fsp3) is 0.200. The van der Waals surface area contributed by atoms with Crippen molar-refractivity contribution < 1.29 is 5.11 Å². The average Bonchev–Trinajstić information content (AvgIpc) is 2.39. The minimum Gasteiger partial charge on any atom is -0.392 e. The Morgan fingerprint density at radius 2 is 1.67 bits per heavy atom. The number of thioether (sulfide) groups is 1. The monoisotopic (exact) mass is 278 g/mol. The molecule has 0 aliphatic heterocycles. The predicted octanol–water partition coefficient (Wildman–Crippen LogP) is 4.04. The third-order valence-electron chi connectivity index (χ3n) is 2.57. The molecule has 0 aliphatic carbocycles. The second-order valence-corrected chi connectivity index (χ2v) is 5.64. The smallest absolute Gasteiger partial charge is 0.0674 e. The van der Waals surface area contributed by atoms with Crippen molar-refractivity contribution in [3.63, 3.8) is 0 Å². The molecule has 0 amide bonds. The fourth-order valence-corrected chi connectivity index (χ4v) is 2.63. The Morgan fingerprint density at radius 3 is 2.33 bits per heavy atom. The molecule has 0 aliphatic rings. The SMILES string of the molecule is OC(CSc1ccc(Cl)cc1)Cc1ccccc1. The van der Waals surface area contributed by atoms with Crippen LogP contribution in [0.2, 0.25) is 5.02 Å². The van der Waals surface area contributed by atoms with E-state index in [9.17, 15) is 5.11 Å². The molecule has 0 saturated carbocycles. The number of hydrogen-bond donors (Lipinski definition) is 1. The van der Waals surface area contributed by atoms with Gasteiger partial charge < -0.3 is 5.11 Å². The lowest BCUT2D eigenvalue weighted by Gasteiger charge is -2.10. The van der Waals surface area contributed by atoms with Crippen LogP contribution in [0.25, 0.3) is 0 Å². The number of aliphatic hydroxyl groups excluding tert-OH is 1. The first kappa shape index (κ1) is 13.5. The van der Waals surface area contributed by atoms with Gasteiger partial charge in [-0.2, -0.15) is 0 Å². The summed E-state index contributed by atoms with van der Waals surface area (Å²) in [6.07, 6.45) is 0.370. The summed E-state index contributed by atoms with van der Waals surface area (Å²) in [6, 6.07) is 17.7. The summed E-state index contributed by atoms with van der Waals surface area (Å²) in [5, 5.41) is 10.7. The van der Waals surface area contributed by atoms with E-state index >= 15 is 0 Å². The van der Waals surface area contributed by atoms with E-state index in [-0.39, 0.29) is 6.10 Å². The van der Waals surface area contributed by atoms with Gasteiger partial charge in [-0.3, -0.25) is 0 Å². The summed E-state index contributed by atoms with van der Waals surface area (Å²) < 4.78 is 0. The summed E-state index contributed by atoms with van der Waals surface area (Å²) >= 11 is 7.47. The second kappa shape index (κ2) is 6.83. The molecule has 0 spiro atoms. The summed E-state index contributed by atoms with van der Waals surface area (Å²) in [5.74, 6) is 0.691. The molecule has 3 heteroatoms. The summed E-state index contributed by atoms with van der Waals surface area (Å²) in [4.78, 5) is 1.13.